The van der Waals surface area contributed by atoms with Crippen LogP contribution >= 0.6 is 0 Å². The van der Waals surface area contributed by atoms with Crippen molar-refractivity contribution in [3.05, 3.63) is 54.1 Å². The third kappa shape index (κ3) is 2.17. The number of hydrogen-bond acceptors (Lipinski definition) is 2. The standard InChI is InChI=1S/C13H14O2/c14-10-13(15)8-4-7-12(9-13)11-5-2-1-3-6-11/h1-8,14-15H,9-10H2. The van der Waals surface area contributed by atoms with E-state index >= 15 is 0 Å². The van der Waals surface area contributed by atoms with Crippen LogP contribution in [0.1, 0.15) is 12.0 Å². The lowest BCUT2D eigenvalue weighted by Gasteiger charge is -2.26. The fourth-order valence-corrected chi connectivity index (χ4v) is 1.75. The summed E-state index contributed by atoms with van der Waals surface area (Å²) in [5.41, 5.74) is 1.04. The molecule has 1 unspecified atom stereocenters. The molecule has 1 atom stereocenters. The average Bonchev–Trinajstić information content (AvgIpc) is 2.30. The quantitative estimate of drug-likeness (QED) is 0.767. The van der Waals surface area contributed by atoms with E-state index in [1.807, 2.05) is 36.4 Å². The Labute approximate surface area is 89.2 Å². The number of benzene rings is 1. The lowest BCUT2D eigenvalue weighted by molar-refractivity contribution is 0.0311. The molecule has 2 heteroatoms. The molecule has 78 valence electrons. The highest BCUT2D eigenvalue weighted by Gasteiger charge is 2.26. The molecule has 15 heavy (non-hydrogen) atoms. The predicted molar refractivity (Wildman–Crippen MR) is 60.2 cm³/mol. The Hall–Kier alpha value is -1.38. The third-order valence-electron chi connectivity index (χ3n) is 2.62. The molecule has 1 aromatic carbocycles. The van der Waals surface area contributed by atoms with E-state index in [0.717, 1.165) is 11.1 Å². The van der Waals surface area contributed by atoms with Gasteiger partial charge in [-0.1, -0.05) is 48.6 Å². The molecule has 0 radical (unpaired) electrons. The maximum atomic E-state index is 9.93. The lowest BCUT2D eigenvalue weighted by atomic mass is 9.87. The van der Waals surface area contributed by atoms with Crippen LogP contribution in [0.2, 0.25) is 0 Å². The lowest BCUT2D eigenvalue weighted by Crippen LogP contribution is -2.32. The summed E-state index contributed by atoms with van der Waals surface area (Å²) < 4.78 is 0. The van der Waals surface area contributed by atoms with Crippen LogP contribution in [0.15, 0.2) is 48.6 Å². The van der Waals surface area contributed by atoms with E-state index in [1.165, 1.54) is 0 Å². The molecule has 0 fully saturated rings. The average molecular weight is 202 g/mol. The van der Waals surface area contributed by atoms with E-state index in [2.05, 4.69) is 0 Å². The highest BCUT2D eigenvalue weighted by Crippen LogP contribution is 2.29. The summed E-state index contributed by atoms with van der Waals surface area (Å²) in [6, 6.07) is 9.89. The van der Waals surface area contributed by atoms with E-state index in [1.54, 1.807) is 12.2 Å². The van der Waals surface area contributed by atoms with Gasteiger partial charge in [0.1, 0.15) is 5.60 Å². The Morgan fingerprint density at radius 3 is 2.60 bits per heavy atom. The van der Waals surface area contributed by atoms with Crippen molar-refractivity contribution in [3.8, 4) is 0 Å². The molecule has 0 spiro atoms. The number of aliphatic hydroxyl groups is 2. The van der Waals surface area contributed by atoms with Gasteiger partial charge in [0.05, 0.1) is 6.61 Å². The second-order valence-electron chi connectivity index (χ2n) is 3.86. The summed E-state index contributed by atoms with van der Waals surface area (Å²) >= 11 is 0. The highest BCUT2D eigenvalue weighted by molar-refractivity contribution is 5.69. The molecule has 0 amide bonds. The van der Waals surface area contributed by atoms with Gasteiger partial charge in [-0.3, -0.25) is 0 Å². The zero-order valence-corrected chi connectivity index (χ0v) is 8.43. The van der Waals surface area contributed by atoms with Crippen LogP contribution in [0, 0.1) is 0 Å². The van der Waals surface area contributed by atoms with Crippen molar-refractivity contribution in [3.63, 3.8) is 0 Å². The summed E-state index contributed by atoms with van der Waals surface area (Å²) in [5, 5.41) is 19.0. The monoisotopic (exact) mass is 202 g/mol. The predicted octanol–water partition coefficient (Wildman–Crippen LogP) is 1.75. The first-order valence-electron chi connectivity index (χ1n) is 5.01. The van der Waals surface area contributed by atoms with Crippen molar-refractivity contribution >= 4 is 5.57 Å². The van der Waals surface area contributed by atoms with Crippen LogP contribution < -0.4 is 0 Å². The van der Waals surface area contributed by atoms with Crippen molar-refractivity contribution in [1.82, 2.24) is 0 Å². The number of allylic oxidation sites excluding steroid dienone is 2. The second-order valence-corrected chi connectivity index (χ2v) is 3.86. The van der Waals surface area contributed by atoms with E-state index in [4.69, 9.17) is 5.11 Å². The van der Waals surface area contributed by atoms with Crippen molar-refractivity contribution in [1.29, 1.82) is 0 Å². The maximum absolute atomic E-state index is 9.93. The third-order valence-corrected chi connectivity index (χ3v) is 2.62. The van der Waals surface area contributed by atoms with Crippen molar-refractivity contribution in [2.75, 3.05) is 6.61 Å². The fraction of sp³-hybridized carbons (Fsp3) is 0.231. The number of aliphatic hydroxyl groups excluding tert-OH is 1. The zero-order valence-electron chi connectivity index (χ0n) is 8.43. The van der Waals surface area contributed by atoms with Gasteiger partial charge in [-0.25, -0.2) is 0 Å². The molecule has 2 nitrogen and oxygen atoms in total. The Bertz CT molecular complexity index is 392. The second kappa shape index (κ2) is 4.01. The Kier molecular flexibility index (Phi) is 2.71. The summed E-state index contributed by atoms with van der Waals surface area (Å²) in [6.07, 6.45) is 5.87. The van der Waals surface area contributed by atoms with Gasteiger partial charge in [0.2, 0.25) is 0 Å². The molecule has 0 saturated heterocycles. The Morgan fingerprint density at radius 1 is 1.20 bits per heavy atom. The summed E-state index contributed by atoms with van der Waals surface area (Å²) in [4.78, 5) is 0. The Balaban J connectivity index is 2.26. The minimum atomic E-state index is -1.10. The highest BCUT2D eigenvalue weighted by atomic mass is 16.3. The van der Waals surface area contributed by atoms with Gasteiger partial charge < -0.3 is 10.2 Å². The van der Waals surface area contributed by atoms with Gasteiger partial charge in [-0.2, -0.15) is 0 Å². The molecule has 2 N–H and O–H groups in total. The van der Waals surface area contributed by atoms with E-state index in [0.29, 0.717) is 6.42 Å². The first-order chi connectivity index (χ1) is 7.23. The van der Waals surface area contributed by atoms with Crippen LogP contribution in [-0.2, 0) is 0 Å². The summed E-state index contributed by atoms with van der Waals surface area (Å²) in [6.45, 7) is -0.242. The number of hydrogen-bond donors (Lipinski definition) is 2. The molecule has 1 aliphatic carbocycles. The molecule has 1 aromatic rings. The van der Waals surface area contributed by atoms with Gasteiger partial charge >= 0.3 is 0 Å². The minimum Gasteiger partial charge on any atom is -0.393 e. The van der Waals surface area contributed by atoms with Gasteiger partial charge in [0.15, 0.2) is 0 Å². The first-order valence-corrected chi connectivity index (χ1v) is 5.01. The van der Waals surface area contributed by atoms with Crippen LogP contribution in [0.5, 0.6) is 0 Å². The number of rotatable bonds is 2. The molecule has 0 heterocycles. The molecule has 0 saturated carbocycles. The van der Waals surface area contributed by atoms with Crippen LogP contribution in [-0.4, -0.2) is 22.4 Å². The van der Waals surface area contributed by atoms with Crippen molar-refractivity contribution in [2.24, 2.45) is 0 Å². The maximum Gasteiger partial charge on any atom is 0.110 e. The van der Waals surface area contributed by atoms with E-state index in [-0.39, 0.29) is 6.61 Å². The molecule has 2 rings (SSSR count). The van der Waals surface area contributed by atoms with E-state index < -0.39 is 5.60 Å². The Morgan fingerprint density at radius 2 is 1.93 bits per heavy atom. The van der Waals surface area contributed by atoms with Gasteiger partial charge in [0.25, 0.3) is 0 Å². The van der Waals surface area contributed by atoms with Crippen LogP contribution in [0.4, 0.5) is 0 Å². The smallest absolute Gasteiger partial charge is 0.110 e. The zero-order chi connectivity index (χ0) is 10.7. The minimum absolute atomic E-state index is 0.242. The largest absolute Gasteiger partial charge is 0.393 e. The van der Waals surface area contributed by atoms with E-state index in [9.17, 15) is 5.11 Å². The normalized spacial score (nSPS) is 25.1. The molecular formula is C13H14O2. The van der Waals surface area contributed by atoms with Crippen molar-refractivity contribution < 1.29 is 10.2 Å². The molecular weight excluding hydrogens is 188 g/mol. The summed E-state index contributed by atoms with van der Waals surface area (Å²) in [5.74, 6) is 0. The SMILES string of the molecule is OCC1(O)C=CC=C(c2ccccc2)C1. The summed E-state index contributed by atoms with van der Waals surface area (Å²) in [7, 11) is 0. The molecule has 0 bridgehead atoms. The molecule has 0 aromatic heterocycles. The van der Waals surface area contributed by atoms with Gasteiger partial charge in [-0.05, 0) is 11.1 Å². The van der Waals surface area contributed by atoms with Crippen LogP contribution in [0.25, 0.3) is 5.57 Å². The van der Waals surface area contributed by atoms with Crippen molar-refractivity contribution in [2.45, 2.75) is 12.0 Å². The van der Waals surface area contributed by atoms with Gasteiger partial charge in [-0.15, -0.1) is 0 Å². The van der Waals surface area contributed by atoms with Crippen LogP contribution in [0.3, 0.4) is 0 Å². The first kappa shape index (κ1) is 10.1. The molecule has 1 aliphatic rings. The topological polar surface area (TPSA) is 40.5 Å². The molecule has 0 aliphatic heterocycles. The van der Waals surface area contributed by atoms with Gasteiger partial charge in [0, 0.05) is 6.42 Å². The fourth-order valence-electron chi connectivity index (χ4n) is 1.75.